The van der Waals surface area contributed by atoms with Crippen molar-refractivity contribution in [2.24, 2.45) is 0 Å². The molecular formula is C2H6NNaO2. The second-order valence-electron chi connectivity index (χ2n) is 0.668. The van der Waals surface area contributed by atoms with Crippen LogP contribution in [0.1, 0.15) is 8.35 Å². The van der Waals surface area contributed by atoms with Gasteiger partial charge in [0.15, 0.2) is 0 Å². The van der Waals surface area contributed by atoms with Crippen LogP contribution in [0.15, 0.2) is 0 Å². The van der Waals surface area contributed by atoms with Crippen molar-refractivity contribution < 1.29 is 41.0 Å². The van der Waals surface area contributed by atoms with Crippen LogP contribution < -0.4 is 35.0 Å². The number of hydrogen-bond acceptors (Lipinski definition) is 2. The Balaban J connectivity index is -0.0000000800. The van der Waals surface area contributed by atoms with E-state index in [2.05, 4.69) is 0 Å². The molecule has 0 aromatic heterocycles. The Morgan fingerprint density at radius 2 is 2.17 bits per heavy atom. The van der Waals surface area contributed by atoms with Crippen LogP contribution in [-0.4, -0.2) is 11.1 Å². The zero-order chi connectivity index (χ0) is 4.28. The van der Waals surface area contributed by atoms with E-state index in [-0.39, 0.29) is 31.0 Å². The van der Waals surface area contributed by atoms with Crippen molar-refractivity contribution in [1.29, 1.82) is 0 Å². The van der Waals surface area contributed by atoms with E-state index in [1.807, 2.05) is 0 Å². The summed E-state index contributed by atoms with van der Waals surface area (Å²) < 4.78 is 0. The summed E-state index contributed by atoms with van der Waals surface area (Å²) >= 11 is 0. The molecule has 0 atom stereocenters. The Hall–Kier alpha value is 0.430. The molecule has 32 valence electrons. The molecule has 0 aromatic rings. The van der Waals surface area contributed by atoms with E-state index in [0.29, 0.717) is 0 Å². The molecule has 2 N–H and O–H groups in total. The molecule has 0 aliphatic carbocycles. The van der Waals surface area contributed by atoms with Gasteiger partial charge in [0.2, 0.25) is 5.91 Å². The zero-order valence-corrected chi connectivity index (χ0v) is 5.86. The van der Waals surface area contributed by atoms with E-state index in [4.69, 9.17) is 5.21 Å². The Bertz CT molecular complexity index is 51.0. The van der Waals surface area contributed by atoms with Gasteiger partial charge < -0.3 is 1.43 Å². The SMILES string of the molecule is CC(=O)NO.[H-].[Na+]. The number of hydrogen-bond donors (Lipinski definition) is 2. The topological polar surface area (TPSA) is 49.3 Å². The van der Waals surface area contributed by atoms with Crippen LogP contribution in [-0.2, 0) is 4.79 Å². The van der Waals surface area contributed by atoms with Gasteiger partial charge in [-0.15, -0.1) is 0 Å². The summed E-state index contributed by atoms with van der Waals surface area (Å²) in [5.74, 6) is -0.440. The molecule has 0 spiro atoms. The Kier molecular flexibility index (Phi) is 8.74. The summed E-state index contributed by atoms with van der Waals surface area (Å²) in [6.07, 6.45) is 0. The monoisotopic (exact) mass is 99.0 g/mol. The quantitative estimate of drug-likeness (QED) is 0.189. The van der Waals surface area contributed by atoms with E-state index in [0.717, 1.165) is 0 Å². The molecule has 3 nitrogen and oxygen atoms in total. The first-order valence-electron chi connectivity index (χ1n) is 1.18. The molecular weight excluding hydrogens is 93.0 g/mol. The fourth-order valence-electron chi connectivity index (χ4n) is 0. The summed E-state index contributed by atoms with van der Waals surface area (Å²) in [6.45, 7) is 1.22. The van der Waals surface area contributed by atoms with Gasteiger partial charge in [-0.2, -0.15) is 0 Å². The third-order valence-electron chi connectivity index (χ3n) is 0.157. The minimum absolute atomic E-state index is 0. The summed E-state index contributed by atoms with van der Waals surface area (Å²) in [7, 11) is 0. The van der Waals surface area contributed by atoms with Crippen LogP contribution in [0.4, 0.5) is 0 Å². The van der Waals surface area contributed by atoms with E-state index >= 15 is 0 Å². The smallest absolute Gasteiger partial charge is 1.00 e. The van der Waals surface area contributed by atoms with Crippen LogP contribution in [0.25, 0.3) is 0 Å². The molecule has 0 aliphatic heterocycles. The first kappa shape index (κ1) is 9.66. The number of hydroxylamine groups is 1. The van der Waals surface area contributed by atoms with Crippen molar-refractivity contribution in [3.05, 3.63) is 0 Å². The van der Waals surface area contributed by atoms with Gasteiger partial charge in [-0.05, 0) is 0 Å². The third-order valence-corrected chi connectivity index (χ3v) is 0.157. The van der Waals surface area contributed by atoms with Crippen LogP contribution in [0, 0.1) is 0 Å². The number of carbonyl (C=O) groups is 1. The van der Waals surface area contributed by atoms with Gasteiger partial charge >= 0.3 is 29.6 Å². The molecule has 0 saturated carbocycles. The summed E-state index contributed by atoms with van der Waals surface area (Å²) in [4.78, 5) is 9.45. The Labute approximate surface area is 59.5 Å². The number of amides is 1. The molecule has 0 rings (SSSR count). The molecule has 6 heavy (non-hydrogen) atoms. The molecule has 0 aromatic carbocycles. The number of carbonyl (C=O) groups excluding carboxylic acids is 1. The third kappa shape index (κ3) is 8.83. The van der Waals surface area contributed by atoms with Crippen molar-refractivity contribution >= 4 is 5.91 Å². The molecule has 0 radical (unpaired) electrons. The number of nitrogens with one attached hydrogen (secondary N) is 1. The average molecular weight is 99.1 g/mol. The molecule has 4 heteroatoms. The standard InChI is InChI=1S/C2H5NO2.Na.H/c1-2(4)3-5;;/h5H,1H3,(H,3,4);;/q;+1;-1. The first-order valence-corrected chi connectivity index (χ1v) is 1.18. The zero-order valence-electron chi connectivity index (χ0n) is 4.86. The van der Waals surface area contributed by atoms with Gasteiger partial charge in [0.1, 0.15) is 0 Å². The Morgan fingerprint density at radius 1 is 2.00 bits per heavy atom. The molecule has 0 saturated heterocycles. The van der Waals surface area contributed by atoms with Crippen molar-refractivity contribution in [3.63, 3.8) is 0 Å². The van der Waals surface area contributed by atoms with Gasteiger partial charge in [0.05, 0.1) is 0 Å². The normalized spacial score (nSPS) is 5.67. The fraction of sp³-hybridized carbons (Fsp3) is 0.500. The van der Waals surface area contributed by atoms with E-state index in [9.17, 15) is 4.79 Å². The van der Waals surface area contributed by atoms with Gasteiger partial charge in [-0.25, -0.2) is 5.48 Å². The molecule has 0 bridgehead atoms. The number of rotatable bonds is 0. The summed E-state index contributed by atoms with van der Waals surface area (Å²) in [6, 6.07) is 0. The maximum atomic E-state index is 9.45. The minimum Gasteiger partial charge on any atom is -1.00 e. The van der Waals surface area contributed by atoms with Crippen LogP contribution >= 0.6 is 0 Å². The van der Waals surface area contributed by atoms with Crippen molar-refractivity contribution in [2.45, 2.75) is 6.92 Å². The second-order valence-corrected chi connectivity index (χ2v) is 0.668. The van der Waals surface area contributed by atoms with Crippen LogP contribution in [0.5, 0.6) is 0 Å². The van der Waals surface area contributed by atoms with Crippen molar-refractivity contribution in [2.75, 3.05) is 0 Å². The van der Waals surface area contributed by atoms with E-state index < -0.39 is 5.91 Å². The largest absolute Gasteiger partial charge is 1.00 e. The minimum atomic E-state index is -0.440. The molecule has 0 fully saturated rings. The summed E-state index contributed by atoms with van der Waals surface area (Å²) in [5, 5.41) is 7.54. The molecule has 0 heterocycles. The van der Waals surface area contributed by atoms with E-state index in [1.165, 1.54) is 12.4 Å². The first-order chi connectivity index (χ1) is 2.27. The molecule has 1 amide bonds. The van der Waals surface area contributed by atoms with Gasteiger partial charge in [0, 0.05) is 6.92 Å². The predicted molar refractivity (Wildman–Crippen MR) is 16.7 cm³/mol. The van der Waals surface area contributed by atoms with Gasteiger partial charge in [-0.1, -0.05) is 0 Å². The average Bonchev–Trinajstić information content (AvgIpc) is 1.38. The van der Waals surface area contributed by atoms with Gasteiger partial charge in [-0.3, -0.25) is 10.0 Å². The van der Waals surface area contributed by atoms with Gasteiger partial charge in [0.25, 0.3) is 0 Å². The second kappa shape index (κ2) is 5.43. The predicted octanol–water partition coefficient (Wildman–Crippen LogP) is -3.37. The summed E-state index contributed by atoms with van der Waals surface area (Å²) in [5.41, 5.74) is 1.39. The maximum absolute atomic E-state index is 9.45. The van der Waals surface area contributed by atoms with E-state index in [1.54, 1.807) is 0 Å². The molecule has 0 aliphatic rings. The van der Waals surface area contributed by atoms with Crippen LogP contribution in [0.3, 0.4) is 0 Å². The van der Waals surface area contributed by atoms with Crippen molar-refractivity contribution in [1.82, 2.24) is 5.48 Å². The Morgan fingerprint density at radius 3 is 2.17 bits per heavy atom. The maximum Gasteiger partial charge on any atom is 1.00 e. The molecule has 0 unspecified atom stereocenters. The van der Waals surface area contributed by atoms with Crippen molar-refractivity contribution in [3.8, 4) is 0 Å². The fourth-order valence-corrected chi connectivity index (χ4v) is 0. The van der Waals surface area contributed by atoms with Crippen LogP contribution in [0.2, 0.25) is 0 Å².